The Hall–Kier alpha value is -3.76. The molecule has 0 bridgehead atoms. The number of ether oxygens (including phenoxy) is 2. The number of benzene rings is 3. The van der Waals surface area contributed by atoms with Gasteiger partial charge in [-0.25, -0.2) is 8.42 Å². The first-order valence-corrected chi connectivity index (χ1v) is 15.9. The Morgan fingerprint density at radius 2 is 1.58 bits per heavy atom. The van der Waals surface area contributed by atoms with Gasteiger partial charge in [0.1, 0.15) is 24.1 Å². The molecule has 0 spiro atoms. The van der Waals surface area contributed by atoms with Gasteiger partial charge in [-0.2, -0.15) is 0 Å². The summed E-state index contributed by atoms with van der Waals surface area (Å²) in [6.45, 7) is 8.96. The van der Waals surface area contributed by atoms with Crippen molar-refractivity contribution in [3.05, 3.63) is 83.4 Å². The second-order valence-electron chi connectivity index (χ2n) is 10.9. The van der Waals surface area contributed by atoms with Crippen LogP contribution in [0.15, 0.2) is 77.7 Å². The normalized spacial score (nSPS) is 12.3. The van der Waals surface area contributed by atoms with Crippen molar-refractivity contribution >= 4 is 39.1 Å². The molecule has 232 valence electrons. The van der Waals surface area contributed by atoms with E-state index in [9.17, 15) is 18.0 Å². The maximum absolute atomic E-state index is 14.3. The van der Waals surface area contributed by atoms with E-state index >= 15 is 0 Å². The van der Waals surface area contributed by atoms with Crippen LogP contribution in [0.25, 0.3) is 0 Å². The summed E-state index contributed by atoms with van der Waals surface area (Å²) in [6.07, 6.45) is 0.309. The van der Waals surface area contributed by atoms with Crippen LogP contribution >= 0.6 is 11.6 Å². The summed E-state index contributed by atoms with van der Waals surface area (Å²) in [7, 11) is -2.71. The number of carbonyl (C=O) groups excluding carboxylic acids is 2. The molecular formula is C32H40ClN3O6S. The van der Waals surface area contributed by atoms with Crippen molar-refractivity contribution in [1.82, 2.24) is 10.2 Å². The monoisotopic (exact) mass is 629 g/mol. The molecule has 0 radical (unpaired) electrons. The molecule has 1 unspecified atom stereocenters. The number of rotatable bonds is 13. The largest absolute Gasteiger partial charge is 0.497 e. The Kier molecular flexibility index (Phi) is 11.5. The molecule has 3 aromatic rings. The quantitative estimate of drug-likeness (QED) is 0.261. The fourth-order valence-corrected chi connectivity index (χ4v) is 6.04. The summed E-state index contributed by atoms with van der Waals surface area (Å²) >= 11 is 6.04. The molecule has 1 atom stereocenters. The van der Waals surface area contributed by atoms with Gasteiger partial charge < -0.3 is 19.7 Å². The maximum atomic E-state index is 14.3. The van der Waals surface area contributed by atoms with E-state index < -0.39 is 34.1 Å². The molecule has 0 saturated heterocycles. The molecule has 0 aliphatic rings. The second-order valence-corrected chi connectivity index (χ2v) is 13.2. The van der Waals surface area contributed by atoms with E-state index in [1.54, 1.807) is 62.6 Å². The fraction of sp³-hybridized carbons (Fsp3) is 0.375. The summed E-state index contributed by atoms with van der Waals surface area (Å²) < 4.78 is 40.3. The summed E-state index contributed by atoms with van der Waals surface area (Å²) in [5.41, 5.74) is 0.405. The Morgan fingerprint density at radius 1 is 0.953 bits per heavy atom. The Morgan fingerprint density at radius 3 is 2.14 bits per heavy atom. The SMILES string of the molecule is CCOc1ccccc1N(CC(=O)N(Cc1ccc(OC)cc1)C(CC)C(=O)NC(C)(C)C)S(=O)(=O)c1ccc(Cl)cc1. The minimum absolute atomic E-state index is 0.0461. The van der Waals surface area contributed by atoms with Gasteiger partial charge in [0.05, 0.1) is 24.3 Å². The smallest absolute Gasteiger partial charge is 0.264 e. The molecule has 11 heteroatoms. The number of nitrogens with one attached hydrogen (secondary N) is 1. The van der Waals surface area contributed by atoms with Gasteiger partial charge in [-0.05, 0) is 88.2 Å². The van der Waals surface area contributed by atoms with E-state index in [0.717, 1.165) is 9.87 Å². The van der Waals surface area contributed by atoms with Crippen LogP contribution in [0.1, 0.15) is 46.6 Å². The van der Waals surface area contributed by atoms with Crippen LogP contribution in [0.4, 0.5) is 5.69 Å². The summed E-state index contributed by atoms with van der Waals surface area (Å²) in [4.78, 5) is 29.1. The Bertz CT molecular complexity index is 1490. The summed E-state index contributed by atoms with van der Waals surface area (Å²) in [5.74, 6) is 0.0516. The maximum Gasteiger partial charge on any atom is 0.264 e. The number of carbonyl (C=O) groups is 2. The van der Waals surface area contributed by atoms with E-state index in [4.69, 9.17) is 21.1 Å². The number of anilines is 1. The average molecular weight is 630 g/mol. The van der Waals surface area contributed by atoms with E-state index in [0.29, 0.717) is 22.9 Å². The Labute approximate surface area is 259 Å². The molecule has 1 N–H and O–H groups in total. The van der Waals surface area contributed by atoms with Crippen molar-refractivity contribution < 1.29 is 27.5 Å². The van der Waals surface area contributed by atoms with Crippen LogP contribution in [0.2, 0.25) is 5.02 Å². The lowest BCUT2D eigenvalue weighted by molar-refractivity contribution is -0.141. The van der Waals surface area contributed by atoms with Crippen LogP contribution in [0.3, 0.4) is 0 Å². The number of hydrogen-bond donors (Lipinski definition) is 1. The predicted octanol–water partition coefficient (Wildman–Crippen LogP) is 5.66. The van der Waals surface area contributed by atoms with Gasteiger partial charge in [0.2, 0.25) is 11.8 Å². The van der Waals surface area contributed by atoms with Crippen LogP contribution in [-0.4, -0.2) is 57.0 Å². The molecule has 0 aromatic heterocycles. The fourth-order valence-electron chi connectivity index (χ4n) is 4.49. The van der Waals surface area contributed by atoms with Gasteiger partial charge >= 0.3 is 0 Å². The number of nitrogens with zero attached hydrogens (tertiary/aromatic N) is 2. The number of amides is 2. The molecule has 43 heavy (non-hydrogen) atoms. The number of methoxy groups -OCH3 is 1. The number of sulfonamides is 1. The van der Waals surface area contributed by atoms with Gasteiger partial charge in [0, 0.05) is 17.1 Å². The lowest BCUT2D eigenvalue weighted by atomic mass is 10.1. The van der Waals surface area contributed by atoms with Crippen molar-refractivity contribution in [3.8, 4) is 11.5 Å². The minimum atomic E-state index is -4.27. The van der Waals surface area contributed by atoms with E-state index in [1.165, 1.54) is 29.2 Å². The number of halogens is 1. The van der Waals surface area contributed by atoms with Crippen LogP contribution in [-0.2, 0) is 26.2 Å². The minimum Gasteiger partial charge on any atom is -0.497 e. The van der Waals surface area contributed by atoms with E-state index in [2.05, 4.69) is 5.32 Å². The predicted molar refractivity (Wildman–Crippen MR) is 169 cm³/mol. The molecule has 0 aliphatic carbocycles. The van der Waals surface area contributed by atoms with Crippen LogP contribution < -0.4 is 19.1 Å². The third-order valence-corrected chi connectivity index (χ3v) is 8.54. The van der Waals surface area contributed by atoms with Crippen molar-refractivity contribution in [1.29, 1.82) is 0 Å². The molecule has 0 fully saturated rings. The molecular weight excluding hydrogens is 590 g/mol. The van der Waals surface area contributed by atoms with E-state index in [-0.39, 0.29) is 29.6 Å². The van der Waals surface area contributed by atoms with Crippen molar-refractivity contribution in [2.24, 2.45) is 0 Å². The molecule has 0 heterocycles. The molecule has 0 aliphatic heterocycles. The lowest BCUT2D eigenvalue weighted by Gasteiger charge is -2.35. The summed E-state index contributed by atoms with van der Waals surface area (Å²) in [5, 5.41) is 3.34. The number of hydrogen-bond acceptors (Lipinski definition) is 6. The first kappa shape index (κ1) is 33.7. The lowest BCUT2D eigenvalue weighted by Crippen LogP contribution is -2.55. The van der Waals surface area contributed by atoms with Gasteiger partial charge in [-0.3, -0.25) is 13.9 Å². The third kappa shape index (κ3) is 8.87. The highest BCUT2D eigenvalue weighted by molar-refractivity contribution is 7.92. The first-order chi connectivity index (χ1) is 20.3. The highest BCUT2D eigenvalue weighted by Crippen LogP contribution is 2.33. The Balaban J connectivity index is 2.12. The van der Waals surface area contributed by atoms with Crippen LogP contribution in [0.5, 0.6) is 11.5 Å². The molecule has 0 saturated carbocycles. The standard InChI is InChI=1S/C32H40ClN3O6S/c1-7-27(31(38)34-32(3,4)5)35(21-23-13-17-25(41-6)18-14-23)30(37)22-36(28-11-9-10-12-29(28)42-8-2)43(39,40)26-19-15-24(33)16-20-26/h9-20,27H,7-8,21-22H2,1-6H3,(H,34,38). The molecule has 2 amide bonds. The van der Waals surface area contributed by atoms with Gasteiger partial charge in [-0.1, -0.05) is 42.8 Å². The van der Waals surface area contributed by atoms with Crippen LogP contribution in [0, 0.1) is 0 Å². The van der Waals surface area contributed by atoms with E-state index in [1.807, 2.05) is 27.7 Å². The molecule has 3 rings (SSSR count). The molecule has 9 nitrogen and oxygen atoms in total. The first-order valence-electron chi connectivity index (χ1n) is 14.0. The molecule has 3 aromatic carbocycles. The van der Waals surface area contributed by atoms with Gasteiger partial charge in [-0.15, -0.1) is 0 Å². The third-order valence-electron chi connectivity index (χ3n) is 6.51. The van der Waals surface area contributed by atoms with Crippen molar-refractivity contribution in [2.45, 2.75) is 64.1 Å². The van der Waals surface area contributed by atoms with Gasteiger partial charge in [0.25, 0.3) is 10.0 Å². The topological polar surface area (TPSA) is 105 Å². The average Bonchev–Trinajstić information content (AvgIpc) is 2.96. The zero-order chi connectivity index (χ0) is 31.8. The van der Waals surface area contributed by atoms with Crippen molar-refractivity contribution in [2.75, 3.05) is 24.6 Å². The number of para-hydroxylation sites is 2. The highest BCUT2D eigenvalue weighted by atomic mass is 35.5. The zero-order valence-corrected chi connectivity index (χ0v) is 27.0. The summed E-state index contributed by atoms with van der Waals surface area (Å²) in [6, 6.07) is 18.6. The van der Waals surface area contributed by atoms with Crippen molar-refractivity contribution in [3.63, 3.8) is 0 Å². The second kappa shape index (κ2) is 14.6. The highest BCUT2D eigenvalue weighted by Gasteiger charge is 2.35. The van der Waals surface area contributed by atoms with Gasteiger partial charge in [0.15, 0.2) is 0 Å². The zero-order valence-electron chi connectivity index (χ0n) is 25.5.